The van der Waals surface area contributed by atoms with Gasteiger partial charge in [-0.3, -0.25) is 4.79 Å². The summed E-state index contributed by atoms with van der Waals surface area (Å²) in [5.74, 6) is 0.340. The second-order valence-electron chi connectivity index (χ2n) is 6.72. The van der Waals surface area contributed by atoms with Crippen molar-refractivity contribution in [1.82, 2.24) is 5.43 Å². The number of carbonyl (C=O) groups excluding carboxylic acids is 1. The summed E-state index contributed by atoms with van der Waals surface area (Å²) in [6, 6.07) is 15.8. The van der Waals surface area contributed by atoms with Gasteiger partial charge in [-0.1, -0.05) is 57.2 Å². The highest BCUT2D eigenvalue weighted by Crippen LogP contribution is 2.31. The molecule has 5 heteroatoms. The zero-order valence-corrected chi connectivity index (χ0v) is 16.3. The van der Waals surface area contributed by atoms with E-state index in [1.807, 2.05) is 48.5 Å². The van der Waals surface area contributed by atoms with E-state index in [4.69, 9.17) is 4.74 Å². The summed E-state index contributed by atoms with van der Waals surface area (Å²) < 4.78 is 6.38. The maximum Gasteiger partial charge on any atom is 0.277 e. The minimum Gasteiger partial charge on any atom is -0.483 e. The van der Waals surface area contributed by atoms with Crippen LogP contribution in [0.15, 0.2) is 58.1 Å². The predicted octanol–water partition coefficient (Wildman–Crippen LogP) is 4.47. The Morgan fingerprint density at radius 2 is 1.92 bits per heavy atom. The zero-order valence-electron chi connectivity index (χ0n) is 14.8. The fourth-order valence-corrected chi connectivity index (χ4v) is 2.64. The number of rotatable bonds is 6. The molecule has 0 unspecified atom stereocenters. The van der Waals surface area contributed by atoms with Gasteiger partial charge in [0.25, 0.3) is 5.91 Å². The third kappa shape index (κ3) is 6.35. The summed E-state index contributed by atoms with van der Waals surface area (Å²) in [6.45, 7) is 6.36. The van der Waals surface area contributed by atoms with Gasteiger partial charge in [0.2, 0.25) is 0 Å². The van der Waals surface area contributed by atoms with Crippen molar-refractivity contribution in [2.45, 2.75) is 32.6 Å². The first-order valence-corrected chi connectivity index (χ1v) is 8.92. The van der Waals surface area contributed by atoms with Crippen LogP contribution in [0.25, 0.3) is 0 Å². The summed E-state index contributed by atoms with van der Waals surface area (Å²) in [5.41, 5.74) is 4.86. The topological polar surface area (TPSA) is 50.7 Å². The Hall–Kier alpha value is -2.14. The highest BCUT2D eigenvalue weighted by atomic mass is 79.9. The molecule has 1 amide bonds. The van der Waals surface area contributed by atoms with E-state index in [0.717, 1.165) is 10.0 Å². The molecule has 0 atom stereocenters. The number of hydrazone groups is 1. The second kappa shape index (κ2) is 8.81. The van der Waals surface area contributed by atoms with Crippen LogP contribution in [0.3, 0.4) is 0 Å². The van der Waals surface area contributed by atoms with Crippen LogP contribution in [0.5, 0.6) is 5.75 Å². The highest BCUT2D eigenvalue weighted by Gasteiger charge is 2.15. The number of ether oxygens (including phenoxy) is 1. The van der Waals surface area contributed by atoms with Crippen molar-refractivity contribution in [3.05, 3.63) is 64.1 Å². The molecule has 0 spiro atoms. The van der Waals surface area contributed by atoms with Gasteiger partial charge >= 0.3 is 0 Å². The van der Waals surface area contributed by atoms with E-state index in [0.29, 0.717) is 12.2 Å². The molecule has 0 heterocycles. The number of nitrogens with zero attached hydrogens (tertiary/aromatic N) is 1. The second-order valence-corrected chi connectivity index (χ2v) is 7.57. The van der Waals surface area contributed by atoms with Crippen molar-refractivity contribution in [3.63, 3.8) is 0 Å². The third-order valence-electron chi connectivity index (χ3n) is 3.61. The molecule has 0 saturated carbocycles. The number of hydrogen-bond donors (Lipinski definition) is 1. The normalized spacial score (nSPS) is 11.5. The summed E-state index contributed by atoms with van der Waals surface area (Å²) in [4.78, 5) is 11.8. The Morgan fingerprint density at radius 1 is 1.20 bits per heavy atom. The van der Waals surface area contributed by atoms with Gasteiger partial charge in [0.05, 0.1) is 4.47 Å². The molecule has 2 aromatic rings. The van der Waals surface area contributed by atoms with E-state index < -0.39 is 0 Å². The molecule has 0 saturated heterocycles. The summed E-state index contributed by atoms with van der Waals surface area (Å²) in [7, 11) is 0. The molecule has 2 aromatic carbocycles. The van der Waals surface area contributed by atoms with Crippen molar-refractivity contribution in [1.29, 1.82) is 0 Å². The lowest BCUT2D eigenvalue weighted by atomic mass is 9.87. The molecule has 2 rings (SSSR count). The van der Waals surface area contributed by atoms with Crippen LogP contribution in [-0.2, 0) is 16.6 Å². The van der Waals surface area contributed by atoms with Crippen molar-refractivity contribution < 1.29 is 9.53 Å². The molecule has 132 valence electrons. The number of amides is 1. The molecule has 0 aliphatic rings. The SMILES string of the molecule is CC(C)(C)c1ccc(OCC(=O)NN=CCc2ccccc2)c(Br)c1. The monoisotopic (exact) mass is 402 g/mol. The molecule has 0 bridgehead atoms. The van der Waals surface area contributed by atoms with E-state index >= 15 is 0 Å². The predicted molar refractivity (Wildman–Crippen MR) is 105 cm³/mol. The lowest BCUT2D eigenvalue weighted by Gasteiger charge is -2.20. The first-order chi connectivity index (χ1) is 11.9. The minimum absolute atomic E-state index is 0.0614. The Labute approximate surface area is 157 Å². The fraction of sp³-hybridized carbons (Fsp3) is 0.300. The molecule has 0 aromatic heterocycles. The van der Waals surface area contributed by atoms with Gasteiger partial charge in [0.15, 0.2) is 6.61 Å². The molecule has 1 N–H and O–H groups in total. The summed E-state index contributed by atoms with van der Waals surface area (Å²) in [6.07, 6.45) is 2.34. The van der Waals surface area contributed by atoms with Crippen molar-refractivity contribution in [3.8, 4) is 5.75 Å². The Bertz CT molecular complexity index is 737. The van der Waals surface area contributed by atoms with Crippen molar-refractivity contribution >= 4 is 28.1 Å². The van der Waals surface area contributed by atoms with Crippen LogP contribution in [0.2, 0.25) is 0 Å². The van der Waals surface area contributed by atoms with Crippen LogP contribution in [0, 0.1) is 0 Å². The van der Waals surface area contributed by atoms with Crippen LogP contribution in [-0.4, -0.2) is 18.7 Å². The van der Waals surface area contributed by atoms with Gasteiger partial charge in [-0.2, -0.15) is 5.10 Å². The number of hydrogen-bond acceptors (Lipinski definition) is 3. The standard InChI is InChI=1S/C20H23BrN2O2/c1-20(2,3)16-9-10-18(17(21)13-16)25-14-19(24)23-22-12-11-15-7-5-4-6-8-15/h4-10,12-13H,11,14H2,1-3H3,(H,23,24). The van der Waals surface area contributed by atoms with Crippen molar-refractivity contribution in [2.75, 3.05) is 6.61 Å². The van der Waals surface area contributed by atoms with Crippen LogP contribution >= 0.6 is 15.9 Å². The van der Waals surface area contributed by atoms with Gasteiger partial charge in [0, 0.05) is 12.6 Å². The molecule has 25 heavy (non-hydrogen) atoms. The smallest absolute Gasteiger partial charge is 0.277 e. The molecular weight excluding hydrogens is 380 g/mol. The molecule has 0 aliphatic heterocycles. The van der Waals surface area contributed by atoms with E-state index in [9.17, 15) is 4.79 Å². The lowest BCUT2D eigenvalue weighted by molar-refractivity contribution is -0.123. The molecular formula is C20H23BrN2O2. The number of nitrogens with one attached hydrogen (secondary N) is 1. The van der Waals surface area contributed by atoms with Gasteiger partial charge < -0.3 is 4.74 Å². The van der Waals surface area contributed by atoms with Crippen LogP contribution in [0.4, 0.5) is 0 Å². The largest absolute Gasteiger partial charge is 0.483 e. The fourth-order valence-electron chi connectivity index (χ4n) is 2.14. The van der Waals surface area contributed by atoms with Crippen LogP contribution in [0.1, 0.15) is 31.9 Å². The Balaban J connectivity index is 1.80. The third-order valence-corrected chi connectivity index (χ3v) is 4.23. The lowest BCUT2D eigenvalue weighted by Crippen LogP contribution is -2.24. The Kier molecular flexibility index (Phi) is 6.76. The molecule has 0 aliphatic carbocycles. The Morgan fingerprint density at radius 3 is 2.56 bits per heavy atom. The van der Waals surface area contributed by atoms with Crippen molar-refractivity contribution in [2.24, 2.45) is 5.10 Å². The first-order valence-electron chi connectivity index (χ1n) is 8.13. The minimum atomic E-state index is -0.295. The average Bonchev–Trinajstić information content (AvgIpc) is 2.57. The first kappa shape index (κ1) is 19.2. The van der Waals surface area contributed by atoms with Gasteiger partial charge in [0.1, 0.15) is 5.75 Å². The van der Waals surface area contributed by atoms with Gasteiger partial charge in [-0.15, -0.1) is 0 Å². The van der Waals surface area contributed by atoms with E-state index in [1.165, 1.54) is 5.56 Å². The molecule has 0 radical (unpaired) electrons. The van der Waals surface area contributed by atoms with Gasteiger partial charge in [-0.05, 0) is 44.6 Å². The maximum absolute atomic E-state index is 11.8. The van der Waals surface area contributed by atoms with Crippen LogP contribution < -0.4 is 10.2 Å². The van der Waals surface area contributed by atoms with E-state index in [2.05, 4.69) is 47.2 Å². The average molecular weight is 403 g/mol. The highest BCUT2D eigenvalue weighted by molar-refractivity contribution is 9.10. The summed E-state index contributed by atoms with van der Waals surface area (Å²) in [5, 5.41) is 3.93. The number of halogens is 1. The molecule has 0 fully saturated rings. The maximum atomic E-state index is 11.8. The van der Waals surface area contributed by atoms with Gasteiger partial charge in [-0.25, -0.2) is 5.43 Å². The quantitative estimate of drug-likeness (QED) is 0.572. The van der Waals surface area contributed by atoms with E-state index in [-0.39, 0.29) is 17.9 Å². The number of carbonyl (C=O) groups is 1. The number of benzene rings is 2. The summed E-state index contributed by atoms with van der Waals surface area (Å²) >= 11 is 3.49. The van der Waals surface area contributed by atoms with E-state index in [1.54, 1.807) is 6.21 Å². The molecule has 4 nitrogen and oxygen atoms in total. The zero-order chi connectivity index (χ0) is 18.3.